The van der Waals surface area contributed by atoms with Gasteiger partial charge in [-0.1, -0.05) is 0 Å². The van der Waals surface area contributed by atoms with Gasteiger partial charge in [0.2, 0.25) is 0 Å². The summed E-state index contributed by atoms with van der Waals surface area (Å²) in [5, 5.41) is 12.3. The fourth-order valence-corrected chi connectivity index (χ4v) is 3.02. The van der Waals surface area contributed by atoms with Crippen molar-refractivity contribution < 1.29 is 61.3 Å². The Balaban J connectivity index is 0.00000196. The van der Waals surface area contributed by atoms with E-state index in [9.17, 15) is 9.90 Å². The van der Waals surface area contributed by atoms with E-state index in [2.05, 4.69) is 12.1 Å². The van der Waals surface area contributed by atoms with Gasteiger partial charge in [0.25, 0.3) is 0 Å². The summed E-state index contributed by atoms with van der Waals surface area (Å²) in [5.41, 5.74) is 1.35. The summed E-state index contributed by atoms with van der Waals surface area (Å²) < 4.78 is 0. The van der Waals surface area contributed by atoms with Gasteiger partial charge < -0.3 is 0 Å². The van der Waals surface area contributed by atoms with Crippen LogP contribution in [0.1, 0.15) is 18.4 Å². The van der Waals surface area contributed by atoms with Crippen molar-refractivity contribution in [1.82, 2.24) is 0 Å². The van der Waals surface area contributed by atoms with Crippen LogP contribution in [-0.2, 0) is 10.1 Å². The molecule has 0 aromatic heterocycles. The molecule has 0 fully saturated rings. The number of rotatable bonds is 6. The molecule has 0 atom stereocenters. The third-order valence-corrected chi connectivity index (χ3v) is 4.12. The number of carbonyl (C=O) groups excluding carboxylic acids is 1. The number of carboxylic acids is 1. The summed E-state index contributed by atoms with van der Waals surface area (Å²) in [6.45, 7) is 0. The monoisotopic (exact) mass is 296 g/mol. The zero-order valence-corrected chi connectivity index (χ0v) is 13.8. The smallest absolute Gasteiger partial charge is 1.00 e. The van der Waals surface area contributed by atoms with Gasteiger partial charge in [0.1, 0.15) is 0 Å². The van der Waals surface area contributed by atoms with Crippen LogP contribution in [0.25, 0.3) is 0 Å². The molecule has 0 bridgehead atoms. The molecule has 0 saturated carbocycles. The van der Waals surface area contributed by atoms with E-state index in [1.807, 2.05) is 18.2 Å². The summed E-state index contributed by atoms with van der Waals surface area (Å²) in [5.74, 6) is -0.930. The van der Waals surface area contributed by atoms with Crippen molar-refractivity contribution >= 4 is 20.9 Å². The maximum absolute atomic E-state index is 10.1. The minimum absolute atomic E-state index is 0. The standard InChI is InChI=1S/C11H14O2Se.K/c12-11(13)7-4-8-14-9-10-5-2-1-3-6-10;/h1-3,5-6H,4,7-9H2,(H,12,13);/q;+1/p-1. The van der Waals surface area contributed by atoms with Crippen LogP contribution in [0.4, 0.5) is 0 Å². The van der Waals surface area contributed by atoms with Crippen LogP contribution in [0.15, 0.2) is 30.3 Å². The molecule has 0 N–H and O–H groups in total. The molecular weight excluding hydrogens is 282 g/mol. The van der Waals surface area contributed by atoms with Gasteiger partial charge in [-0.05, 0) is 0 Å². The molecule has 0 radical (unpaired) electrons. The second-order valence-electron chi connectivity index (χ2n) is 3.01. The van der Waals surface area contributed by atoms with E-state index in [-0.39, 0.29) is 57.8 Å². The fourth-order valence-electron chi connectivity index (χ4n) is 1.08. The van der Waals surface area contributed by atoms with Crippen LogP contribution in [-0.4, -0.2) is 20.9 Å². The Morgan fingerprint density at radius 1 is 1.27 bits per heavy atom. The van der Waals surface area contributed by atoms with Gasteiger partial charge in [-0.15, -0.1) is 0 Å². The van der Waals surface area contributed by atoms with Gasteiger partial charge in [0, 0.05) is 0 Å². The molecule has 0 aliphatic carbocycles. The van der Waals surface area contributed by atoms with Crippen LogP contribution in [0.5, 0.6) is 0 Å². The van der Waals surface area contributed by atoms with Crippen molar-refractivity contribution in [2.24, 2.45) is 0 Å². The molecule has 0 amide bonds. The van der Waals surface area contributed by atoms with Gasteiger partial charge >= 0.3 is 142 Å². The number of hydrogen-bond donors (Lipinski definition) is 0. The second-order valence-corrected chi connectivity index (χ2v) is 5.33. The SMILES string of the molecule is O=C([O-])CCC[Se]Cc1ccccc1.[K+]. The second kappa shape index (κ2) is 10.0. The van der Waals surface area contributed by atoms with E-state index in [0.717, 1.165) is 17.1 Å². The minimum Gasteiger partial charge on any atom is 1.00 e. The molecule has 1 aromatic carbocycles. The molecule has 76 valence electrons. The van der Waals surface area contributed by atoms with Gasteiger partial charge in [0.05, 0.1) is 0 Å². The van der Waals surface area contributed by atoms with Crippen molar-refractivity contribution in [3.8, 4) is 0 Å². The Hall–Kier alpha value is 0.846. The van der Waals surface area contributed by atoms with Crippen LogP contribution in [0, 0.1) is 0 Å². The van der Waals surface area contributed by atoms with Crippen molar-refractivity contribution in [2.45, 2.75) is 23.5 Å². The molecule has 0 saturated heterocycles. The van der Waals surface area contributed by atoms with Gasteiger partial charge in [-0.25, -0.2) is 0 Å². The Bertz CT molecular complexity index is 277. The van der Waals surface area contributed by atoms with E-state index < -0.39 is 5.97 Å². The van der Waals surface area contributed by atoms with Crippen LogP contribution in [0.2, 0.25) is 5.32 Å². The zero-order chi connectivity index (χ0) is 10.2. The molecule has 4 heteroatoms. The third kappa shape index (κ3) is 8.63. The topological polar surface area (TPSA) is 40.1 Å². The van der Waals surface area contributed by atoms with E-state index in [4.69, 9.17) is 0 Å². The summed E-state index contributed by atoms with van der Waals surface area (Å²) in [6, 6.07) is 10.3. The molecule has 0 spiro atoms. The first-order valence-corrected chi connectivity index (χ1v) is 7.03. The first kappa shape index (κ1) is 15.8. The van der Waals surface area contributed by atoms with E-state index in [1.165, 1.54) is 5.56 Å². The number of carboxylic acid groups (broad SMARTS) is 1. The van der Waals surface area contributed by atoms with Gasteiger partial charge in [0.15, 0.2) is 0 Å². The number of aliphatic carboxylic acids is 1. The van der Waals surface area contributed by atoms with E-state index in [0.29, 0.717) is 15.0 Å². The normalized spacial score (nSPS) is 9.33. The predicted octanol–water partition coefficient (Wildman–Crippen LogP) is -2.16. The molecule has 1 aromatic rings. The largest absolute Gasteiger partial charge is 1.00 e. The first-order valence-electron chi connectivity index (χ1n) is 4.60. The number of carbonyl (C=O) groups is 1. The van der Waals surface area contributed by atoms with Crippen LogP contribution >= 0.6 is 0 Å². The molecule has 2 nitrogen and oxygen atoms in total. The maximum atomic E-state index is 10.1. The third-order valence-electron chi connectivity index (χ3n) is 1.78. The van der Waals surface area contributed by atoms with Gasteiger partial charge in [-0.2, -0.15) is 0 Å². The molecular formula is C11H13KO2Se. The molecule has 0 unspecified atom stereocenters. The van der Waals surface area contributed by atoms with Crippen molar-refractivity contribution in [3.05, 3.63) is 35.9 Å². The Kier molecular flexibility index (Phi) is 10.6. The van der Waals surface area contributed by atoms with Crippen LogP contribution in [0.3, 0.4) is 0 Å². The molecule has 15 heavy (non-hydrogen) atoms. The average Bonchev–Trinajstić information content (AvgIpc) is 2.18. The summed E-state index contributed by atoms with van der Waals surface area (Å²) in [6.07, 6.45) is 0.964. The average molecular weight is 295 g/mol. The predicted molar refractivity (Wildman–Crippen MR) is 54.9 cm³/mol. The maximum Gasteiger partial charge on any atom is 1.00 e. The summed E-state index contributed by atoms with van der Waals surface area (Å²) in [4.78, 5) is 10.1. The number of benzene rings is 1. The quantitative estimate of drug-likeness (QED) is 0.443. The Morgan fingerprint density at radius 3 is 2.53 bits per heavy atom. The first-order chi connectivity index (χ1) is 6.79. The molecule has 0 heterocycles. The Labute approximate surface area is 139 Å². The van der Waals surface area contributed by atoms with Crippen molar-refractivity contribution in [2.75, 3.05) is 0 Å². The van der Waals surface area contributed by atoms with Crippen LogP contribution < -0.4 is 56.5 Å². The molecule has 1 rings (SSSR count). The van der Waals surface area contributed by atoms with Gasteiger partial charge in [-0.3, -0.25) is 0 Å². The van der Waals surface area contributed by atoms with Crippen molar-refractivity contribution in [1.29, 1.82) is 0 Å². The Morgan fingerprint density at radius 2 is 1.93 bits per heavy atom. The fraction of sp³-hybridized carbons (Fsp3) is 0.364. The van der Waals surface area contributed by atoms with E-state index in [1.54, 1.807) is 0 Å². The van der Waals surface area contributed by atoms with E-state index >= 15 is 0 Å². The molecule has 0 aliphatic rings. The number of hydrogen-bond acceptors (Lipinski definition) is 2. The van der Waals surface area contributed by atoms with Crippen molar-refractivity contribution in [3.63, 3.8) is 0 Å². The molecule has 0 aliphatic heterocycles. The zero-order valence-electron chi connectivity index (χ0n) is 8.94. The minimum atomic E-state index is -0.930. The summed E-state index contributed by atoms with van der Waals surface area (Å²) in [7, 11) is 0. The summed E-state index contributed by atoms with van der Waals surface area (Å²) >= 11 is 0.525.